The summed E-state index contributed by atoms with van der Waals surface area (Å²) in [7, 11) is 1.63. The summed E-state index contributed by atoms with van der Waals surface area (Å²) >= 11 is 1.61. The molecule has 27 heavy (non-hydrogen) atoms. The van der Waals surface area contributed by atoms with Crippen LogP contribution >= 0.6 is 11.8 Å². The van der Waals surface area contributed by atoms with E-state index in [0.717, 1.165) is 26.8 Å². The predicted octanol–water partition coefficient (Wildman–Crippen LogP) is 5.64. The number of anilines is 1. The van der Waals surface area contributed by atoms with Crippen molar-refractivity contribution in [3.63, 3.8) is 0 Å². The second-order valence-corrected chi connectivity index (χ2v) is 6.73. The van der Waals surface area contributed by atoms with Crippen LogP contribution < -0.4 is 15.4 Å². The van der Waals surface area contributed by atoms with Crippen molar-refractivity contribution >= 4 is 29.6 Å². The lowest BCUT2D eigenvalue weighted by molar-refractivity contribution is 0.255. The van der Waals surface area contributed by atoms with Crippen LogP contribution in [0.2, 0.25) is 0 Å². The number of carbonyl (C=O) groups is 1. The van der Waals surface area contributed by atoms with E-state index in [1.54, 1.807) is 25.1 Å². The second-order valence-electron chi connectivity index (χ2n) is 5.62. The number of hydrogen-bond donors (Lipinski definition) is 2. The van der Waals surface area contributed by atoms with Gasteiger partial charge in [0.2, 0.25) is 0 Å². The summed E-state index contributed by atoms with van der Waals surface area (Å²) in [6.07, 6.45) is 3.44. The highest BCUT2D eigenvalue weighted by molar-refractivity contribution is 7.99. The van der Waals surface area contributed by atoms with E-state index in [-0.39, 0.29) is 6.03 Å². The van der Waals surface area contributed by atoms with Gasteiger partial charge in [-0.3, -0.25) is 0 Å². The lowest BCUT2D eigenvalue weighted by Gasteiger charge is -2.10. The average molecular weight is 376 g/mol. The molecule has 0 unspecified atom stereocenters. The number of para-hydroxylation sites is 1. The van der Waals surface area contributed by atoms with Gasteiger partial charge in [-0.25, -0.2) is 4.79 Å². The molecular formula is C22H20N2O2S. The standard InChI is InChI=1S/C22H20N2O2S/c1-26-18-13-11-17(12-14-18)15-16-23-22(25)24-20-9-5-6-10-21(20)27-19-7-3-2-4-8-19/h2-16H,1H3,(H2,23,24,25)/b16-15+. The number of benzene rings is 3. The lowest BCUT2D eigenvalue weighted by atomic mass is 10.2. The van der Waals surface area contributed by atoms with Crippen molar-refractivity contribution in [3.8, 4) is 5.75 Å². The van der Waals surface area contributed by atoms with Crippen LogP contribution in [-0.4, -0.2) is 13.1 Å². The minimum absolute atomic E-state index is 0.291. The van der Waals surface area contributed by atoms with Gasteiger partial charge in [0.15, 0.2) is 0 Å². The number of ether oxygens (including phenoxy) is 1. The summed E-state index contributed by atoms with van der Waals surface area (Å²) in [6, 6.07) is 25.1. The Morgan fingerprint density at radius 3 is 2.37 bits per heavy atom. The first-order chi connectivity index (χ1) is 13.2. The molecule has 0 bridgehead atoms. The predicted molar refractivity (Wildman–Crippen MR) is 111 cm³/mol. The van der Waals surface area contributed by atoms with Crippen molar-refractivity contribution in [2.24, 2.45) is 0 Å². The molecule has 0 aromatic heterocycles. The van der Waals surface area contributed by atoms with Gasteiger partial charge in [-0.05, 0) is 48.0 Å². The van der Waals surface area contributed by atoms with Crippen LogP contribution in [0.25, 0.3) is 6.08 Å². The van der Waals surface area contributed by atoms with E-state index >= 15 is 0 Å². The Labute approximate surface area is 163 Å². The van der Waals surface area contributed by atoms with Crippen molar-refractivity contribution in [1.29, 1.82) is 0 Å². The highest BCUT2D eigenvalue weighted by Gasteiger charge is 2.06. The summed E-state index contributed by atoms with van der Waals surface area (Å²) in [6.45, 7) is 0. The molecule has 0 saturated heterocycles. The zero-order chi connectivity index (χ0) is 18.9. The Balaban J connectivity index is 1.59. The number of methoxy groups -OCH3 is 1. The minimum Gasteiger partial charge on any atom is -0.497 e. The molecule has 0 spiro atoms. The summed E-state index contributed by atoms with van der Waals surface area (Å²) < 4.78 is 5.13. The average Bonchev–Trinajstić information content (AvgIpc) is 2.71. The van der Waals surface area contributed by atoms with E-state index in [0.29, 0.717) is 0 Å². The highest BCUT2D eigenvalue weighted by atomic mass is 32.2. The fraction of sp³-hybridized carbons (Fsp3) is 0.0455. The first kappa shape index (κ1) is 18.6. The number of nitrogens with one attached hydrogen (secondary N) is 2. The fourth-order valence-electron chi connectivity index (χ4n) is 2.36. The summed E-state index contributed by atoms with van der Waals surface area (Å²) in [5.74, 6) is 0.797. The third kappa shape index (κ3) is 5.66. The van der Waals surface area contributed by atoms with E-state index < -0.39 is 0 Å². The number of rotatable bonds is 6. The van der Waals surface area contributed by atoms with E-state index in [9.17, 15) is 4.79 Å². The van der Waals surface area contributed by atoms with Crippen LogP contribution in [0.1, 0.15) is 5.56 Å². The molecule has 3 aromatic rings. The van der Waals surface area contributed by atoms with E-state index in [1.807, 2.05) is 84.9 Å². The van der Waals surface area contributed by atoms with Crippen molar-refractivity contribution < 1.29 is 9.53 Å². The molecule has 0 aliphatic rings. The SMILES string of the molecule is COc1ccc(/C=C/NC(=O)Nc2ccccc2Sc2ccccc2)cc1. The monoisotopic (exact) mass is 376 g/mol. The van der Waals surface area contributed by atoms with Crippen LogP contribution in [0.3, 0.4) is 0 Å². The Kier molecular flexibility index (Phi) is 6.55. The van der Waals surface area contributed by atoms with Gasteiger partial charge in [-0.15, -0.1) is 0 Å². The molecule has 136 valence electrons. The van der Waals surface area contributed by atoms with Gasteiger partial charge in [0.1, 0.15) is 5.75 Å². The van der Waals surface area contributed by atoms with Crippen LogP contribution in [0, 0.1) is 0 Å². The molecule has 2 amide bonds. The maximum atomic E-state index is 12.2. The molecule has 5 heteroatoms. The quantitative estimate of drug-likeness (QED) is 0.585. The molecule has 0 aliphatic heterocycles. The van der Waals surface area contributed by atoms with E-state index in [4.69, 9.17) is 4.74 Å². The number of hydrogen-bond acceptors (Lipinski definition) is 3. The van der Waals surface area contributed by atoms with Gasteiger partial charge in [0.25, 0.3) is 0 Å². The summed E-state index contributed by atoms with van der Waals surface area (Å²) in [5.41, 5.74) is 1.73. The van der Waals surface area contributed by atoms with E-state index in [2.05, 4.69) is 10.6 Å². The van der Waals surface area contributed by atoms with Gasteiger partial charge in [0, 0.05) is 16.0 Å². The highest BCUT2D eigenvalue weighted by Crippen LogP contribution is 2.33. The zero-order valence-electron chi connectivity index (χ0n) is 14.9. The maximum absolute atomic E-state index is 12.2. The molecular weight excluding hydrogens is 356 g/mol. The third-order valence-electron chi connectivity index (χ3n) is 3.71. The first-order valence-electron chi connectivity index (χ1n) is 8.44. The van der Waals surface area contributed by atoms with Crippen molar-refractivity contribution in [3.05, 3.63) is 90.6 Å². The number of amides is 2. The zero-order valence-corrected chi connectivity index (χ0v) is 15.7. The van der Waals surface area contributed by atoms with Crippen molar-refractivity contribution in [1.82, 2.24) is 5.32 Å². The third-order valence-corrected chi connectivity index (χ3v) is 4.80. The largest absolute Gasteiger partial charge is 0.497 e. The van der Waals surface area contributed by atoms with Crippen molar-refractivity contribution in [2.75, 3.05) is 12.4 Å². The fourth-order valence-corrected chi connectivity index (χ4v) is 3.28. The van der Waals surface area contributed by atoms with Gasteiger partial charge in [-0.2, -0.15) is 0 Å². The first-order valence-corrected chi connectivity index (χ1v) is 9.26. The molecule has 3 aromatic carbocycles. The minimum atomic E-state index is -0.291. The Bertz CT molecular complexity index is 909. The summed E-state index contributed by atoms with van der Waals surface area (Å²) in [4.78, 5) is 14.3. The molecule has 0 aliphatic carbocycles. The van der Waals surface area contributed by atoms with Crippen LogP contribution in [-0.2, 0) is 0 Å². The topological polar surface area (TPSA) is 50.4 Å². The Hall–Kier alpha value is -3.18. The van der Waals surface area contributed by atoms with Gasteiger partial charge < -0.3 is 15.4 Å². The molecule has 4 nitrogen and oxygen atoms in total. The molecule has 2 N–H and O–H groups in total. The summed E-state index contributed by atoms with van der Waals surface area (Å²) in [5, 5.41) is 5.62. The molecule has 0 atom stereocenters. The number of urea groups is 1. The normalized spacial score (nSPS) is 10.6. The van der Waals surface area contributed by atoms with Gasteiger partial charge in [-0.1, -0.05) is 54.2 Å². The Morgan fingerprint density at radius 2 is 1.63 bits per heavy atom. The molecule has 0 saturated carbocycles. The molecule has 3 rings (SSSR count). The van der Waals surface area contributed by atoms with Crippen molar-refractivity contribution in [2.45, 2.75) is 9.79 Å². The van der Waals surface area contributed by atoms with Gasteiger partial charge >= 0.3 is 6.03 Å². The molecule has 0 heterocycles. The molecule has 0 fully saturated rings. The van der Waals surface area contributed by atoms with Crippen LogP contribution in [0.5, 0.6) is 5.75 Å². The second kappa shape index (κ2) is 9.50. The van der Waals surface area contributed by atoms with E-state index in [1.165, 1.54) is 0 Å². The van der Waals surface area contributed by atoms with Gasteiger partial charge in [0.05, 0.1) is 12.8 Å². The number of carbonyl (C=O) groups excluding carboxylic acids is 1. The molecule has 0 radical (unpaired) electrons. The maximum Gasteiger partial charge on any atom is 0.323 e. The van der Waals surface area contributed by atoms with Crippen LogP contribution in [0.15, 0.2) is 94.9 Å². The van der Waals surface area contributed by atoms with Crippen LogP contribution in [0.4, 0.5) is 10.5 Å². The Morgan fingerprint density at radius 1 is 0.926 bits per heavy atom. The lowest BCUT2D eigenvalue weighted by Crippen LogP contribution is -2.24. The smallest absolute Gasteiger partial charge is 0.323 e.